The van der Waals surface area contributed by atoms with Gasteiger partial charge in [0.1, 0.15) is 6.61 Å². The Bertz CT molecular complexity index is 326. The summed E-state index contributed by atoms with van der Waals surface area (Å²) in [5.74, 6) is 0.857. The predicted octanol–water partition coefficient (Wildman–Crippen LogP) is 1.57. The predicted molar refractivity (Wildman–Crippen MR) is 58.5 cm³/mol. The fraction of sp³-hybridized carbons (Fsp3) is 0.600. The van der Waals surface area contributed by atoms with Gasteiger partial charge in [-0.1, -0.05) is 0 Å². The van der Waals surface area contributed by atoms with Crippen molar-refractivity contribution in [2.24, 2.45) is 0 Å². The van der Waals surface area contributed by atoms with E-state index in [4.69, 9.17) is 9.47 Å². The van der Waals surface area contributed by atoms with E-state index in [1.807, 2.05) is 6.92 Å². The molecule has 17 heavy (non-hydrogen) atoms. The van der Waals surface area contributed by atoms with Crippen LogP contribution < -0.4 is 10.1 Å². The maximum Gasteiger partial charge on any atom is 0.261 e. The molecule has 0 aromatic carbocycles. The van der Waals surface area contributed by atoms with Gasteiger partial charge < -0.3 is 14.8 Å². The summed E-state index contributed by atoms with van der Waals surface area (Å²) >= 11 is 0. The van der Waals surface area contributed by atoms with Crippen LogP contribution in [0.2, 0.25) is 0 Å². The van der Waals surface area contributed by atoms with Gasteiger partial charge in [-0.2, -0.15) is 4.98 Å². The number of hydrogen-bond donors (Lipinski definition) is 1. The number of rotatable bonds is 8. The Morgan fingerprint density at radius 3 is 3.00 bits per heavy atom. The molecule has 96 valence electrons. The molecule has 1 heterocycles. The number of aromatic nitrogens is 2. The fourth-order valence-corrected chi connectivity index (χ4v) is 1.06. The van der Waals surface area contributed by atoms with Crippen molar-refractivity contribution in [3.05, 3.63) is 12.3 Å². The fourth-order valence-electron chi connectivity index (χ4n) is 1.06. The molecule has 0 amide bonds. The quantitative estimate of drug-likeness (QED) is 0.707. The van der Waals surface area contributed by atoms with Gasteiger partial charge >= 0.3 is 0 Å². The van der Waals surface area contributed by atoms with Crippen molar-refractivity contribution >= 4 is 5.95 Å². The van der Waals surface area contributed by atoms with Crippen LogP contribution in [0.5, 0.6) is 5.88 Å². The van der Waals surface area contributed by atoms with Gasteiger partial charge in [0.05, 0.1) is 13.2 Å². The third-order valence-corrected chi connectivity index (χ3v) is 1.70. The molecular formula is C10H15F2N3O2. The number of alkyl halides is 2. The van der Waals surface area contributed by atoms with Crippen LogP contribution in [0, 0.1) is 0 Å². The number of nitrogens with one attached hydrogen (secondary N) is 1. The van der Waals surface area contributed by atoms with Crippen LogP contribution in [0.1, 0.15) is 6.92 Å². The Morgan fingerprint density at radius 2 is 2.29 bits per heavy atom. The van der Waals surface area contributed by atoms with Gasteiger partial charge in [-0.25, -0.2) is 13.8 Å². The third-order valence-electron chi connectivity index (χ3n) is 1.70. The topological polar surface area (TPSA) is 56.3 Å². The van der Waals surface area contributed by atoms with E-state index in [0.717, 1.165) is 0 Å². The van der Waals surface area contributed by atoms with Gasteiger partial charge in [0.2, 0.25) is 11.8 Å². The molecule has 1 N–H and O–H groups in total. The smallest absolute Gasteiger partial charge is 0.261 e. The molecular weight excluding hydrogens is 232 g/mol. The Labute approximate surface area is 98.2 Å². The Morgan fingerprint density at radius 1 is 1.47 bits per heavy atom. The average molecular weight is 247 g/mol. The summed E-state index contributed by atoms with van der Waals surface area (Å²) in [6, 6.07) is 1.64. The number of anilines is 1. The summed E-state index contributed by atoms with van der Waals surface area (Å²) < 4.78 is 33.4. The van der Waals surface area contributed by atoms with Crippen molar-refractivity contribution in [3.63, 3.8) is 0 Å². The van der Waals surface area contributed by atoms with E-state index in [0.29, 0.717) is 25.0 Å². The maximum atomic E-state index is 11.7. The first kappa shape index (κ1) is 13.6. The summed E-state index contributed by atoms with van der Waals surface area (Å²) in [5, 5.41) is 2.85. The van der Waals surface area contributed by atoms with Gasteiger partial charge in [-0.05, 0) is 6.92 Å². The summed E-state index contributed by atoms with van der Waals surface area (Å²) in [4.78, 5) is 8.00. The molecule has 0 bridgehead atoms. The Balaban J connectivity index is 2.24. The van der Waals surface area contributed by atoms with Crippen LogP contribution in [-0.2, 0) is 4.74 Å². The van der Waals surface area contributed by atoms with Crippen molar-refractivity contribution < 1.29 is 18.3 Å². The minimum Gasteiger partial charge on any atom is -0.478 e. The van der Waals surface area contributed by atoms with Crippen molar-refractivity contribution in [2.45, 2.75) is 13.3 Å². The molecule has 0 saturated carbocycles. The van der Waals surface area contributed by atoms with Gasteiger partial charge in [0.15, 0.2) is 0 Å². The highest BCUT2D eigenvalue weighted by Crippen LogP contribution is 2.07. The normalized spacial score (nSPS) is 10.6. The zero-order valence-corrected chi connectivity index (χ0v) is 9.53. The minimum absolute atomic E-state index is 0.173. The van der Waals surface area contributed by atoms with Crippen molar-refractivity contribution in [1.29, 1.82) is 0 Å². The van der Waals surface area contributed by atoms with Gasteiger partial charge in [0, 0.05) is 18.8 Å². The van der Waals surface area contributed by atoms with E-state index in [1.54, 1.807) is 12.3 Å². The molecule has 0 spiro atoms. The Kier molecular flexibility index (Phi) is 6.16. The zero-order valence-electron chi connectivity index (χ0n) is 9.53. The number of halogens is 2. The summed E-state index contributed by atoms with van der Waals surface area (Å²) in [5.41, 5.74) is 0. The number of ether oxygens (including phenoxy) is 2. The first-order chi connectivity index (χ1) is 8.22. The molecule has 0 aliphatic heterocycles. The van der Waals surface area contributed by atoms with Crippen LogP contribution in [0.15, 0.2) is 12.3 Å². The molecule has 0 fully saturated rings. The molecule has 5 nitrogen and oxygen atoms in total. The summed E-state index contributed by atoms with van der Waals surface area (Å²) in [6.45, 7) is 2.36. The zero-order chi connectivity index (χ0) is 12.5. The average Bonchev–Trinajstić information content (AvgIpc) is 2.29. The molecule has 1 aromatic rings. The highest BCUT2D eigenvalue weighted by atomic mass is 19.3. The highest BCUT2D eigenvalue weighted by Gasteiger charge is 2.02. The van der Waals surface area contributed by atoms with Crippen LogP contribution in [0.25, 0.3) is 0 Å². The van der Waals surface area contributed by atoms with Crippen LogP contribution >= 0.6 is 0 Å². The second-order valence-electron chi connectivity index (χ2n) is 3.04. The highest BCUT2D eigenvalue weighted by molar-refractivity contribution is 5.27. The van der Waals surface area contributed by atoms with Crippen molar-refractivity contribution in [1.82, 2.24) is 9.97 Å². The molecule has 7 heteroatoms. The van der Waals surface area contributed by atoms with E-state index in [1.165, 1.54) is 0 Å². The minimum atomic E-state index is -2.44. The molecule has 0 atom stereocenters. The summed E-state index contributed by atoms with van der Waals surface area (Å²) in [6.07, 6.45) is -0.882. The van der Waals surface area contributed by atoms with E-state index in [9.17, 15) is 8.78 Å². The Hall–Kier alpha value is -1.50. The maximum absolute atomic E-state index is 11.7. The van der Waals surface area contributed by atoms with Crippen LogP contribution in [0.4, 0.5) is 14.7 Å². The molecule has 0 aliphatic carbocycles. The van der Waals surface area contributed by atoms with E-state index in [2.05, 4.69) is 15.3 Å². The molecule has 0 unspecified atom stereocenters. The second-order valence-corrected chi connectivity index (χ2v) is 3.04. The van der Waals surface area contributed by atoms with Crippen LogP contribution in [0.3, 0.4) is 0 Å². The molecule has 0 saturated heterocycles. The lowest BCUT2D eigenvalue weighted by Crippen LogP contribution is -2.14. The lowest BCUT2D eigenvalue weighted by molar-refractivity contribution is 0.0214. The van der Waals surface area contributed by atoms with Crippen molar-refractivity contribution in [3.8, 4) is 5.88 Å². The lowest BCUT2D eigenvalue weighted by atomic mass is 10.6. The lowest BCUT2D eigenvalue weighted by Gasteiger charge is -2.07. The SMILES string of the molecule is CCOc1ccnc(NCCOCC(F)F)n1. The van der Waals surface area contributed by atoms with Gasteiger partial charge in [0.25, 0.3) is 6.43 Å². The molecule has 1 aromatic heterocycles. The number of nitrogens with zero attached hydrogens (tertiary/aromatic N) is 2. The molecule has 0 aliphatic rings. The van der Waals surface area contributed by atoms with E-state index in [-0.39, 0.29) is 6.61 Å². The largest absolute Gasteiger partial charge is 0.478 e. The monoisotopic (exact) mass is 247 g/mol. The van der Waals surface area contributed by atoms with Crippen molar-refractivity contribution in [2.75, 3.05) is 31.7 Å². The first-order valence-electron chi connectivity index (χ1n) is 5.28. The molecule has 1 rings (SSSR count). The van der Waals surface area contributed by atoms with Crippen LogP contribution in [-0.4, -0.2) is 42.8 Å². The molecule has 0 radical (unpaired) electrons. The summed E-state index contributed by atoms with van der Waals surface area (Å²) in [7, 11) is 0. The first-order valence-corrected chi connectivity index (χ1v) is 5.28. The van der Waals surface area contributed by atoms with Gasteiger partial charge in [-0.3, -0.25) is 0 Å². The third kappa shape index (κ3) is 5.96. The standard InChI is InChI=1S/C10H15F2N3O2/c1-2-17-9-3-4-13-10(15-9)14-5-6-16-7-8(11)12/h3-4,8H,2,5-7H2,1H3,(H,13,14,15). The van der Waals surface area contributed by atoms with Gasteiger partial charge in [-0.15, -0.1) is 0 Å². The van der Waals surface area contributed by atoms with E-state index >= 15 is 0 Å². The van der Waals surface area contributed by atoms with E-state index < -0.39 is 13.0 Å². The number of hydrogen-bond acceptors (Lipinski definition) is 5. The second kappa shape index (κ2) is 7.72.